The summed E-state index contributed by atoms with van der Waals surface area (Å²) in [6.45, 7) is 2.19. The van der Waals surface area contributed by atoms with E-state index < -0.39 is 17.8 Å². The van der Waals surface area contributed by atoms with E-state index in [0.29, 0.717) is 5.92 Å². The van der Waals surface area contributed by atoms with Gasteiger partial charge in [0.05, 0.1) is 5.56 Å². The Morgan fingerprint density at radius 1 is 1.11 bits per heavy atom. The summed E-state index contributed by atoms with van der Waals surface area (Å²) in [5.74, 6) is 0.834. The van der Waals surface area contributed by atoms with Crippen molar-refractivity contribution in [3.05, 3.63) is 35.4 Å². The highest BCUT2D eigenvalue weighted by atomic mass is 19.4. The molecule has 1 atom stereocenters. The lowest BCUT2D eigenvalue weighted by Gasteiger charge is -2.32. The molecule has 1 aliphatic rings. The Bertz CT molecular complexity index is 420. The Hall–Kier alpha value is -1.03. The zero-order valence-electron chi connectivity index (χ0n) is 11.1. The SMILES string of the molecule is CC1CCC(C(N)c2ccccc2C(F)(F)F)CC1. The van der Waals surface area contributed by atoms with Gasteiger partial charge in [-0.2, -0.15) is 13.2 Å². The van der Waals surface area contributed by atoms with Crippen molar-refractivity contribution in [2.45, 2.75) is 44.8 Å². The van der Waals surface area contributed by atoms with Crippen molar-refractivity contribution in [2.75, 3.05) is 0 Å². The van der Waals surface area contributed by atoms with Crippen LogP contribution in [0.1, 0.15) is 49.8 Å². The minimum atomic E-state index is -4.32. The van der Waals surface area contributed by atoms with Gasteiger partial charge in [0.1, 0.15) is 0 Å². The summed E-state index contributed by atoms with van der Waals surface area (Å²) in [4.78, 5) is 0. The molecule has 0 heterocycles. The van der Waals surface area contributed by atoms with E-state index in [9.17, 15) is 13.2 Å². The third kappa shape index (κ3) is 3.30. The molecular weight excluding hydrogens is 251 g/mol. The van der Waals surface area contributed by atoms with E-state index in [4.69, 9.17) is 5.73 Å². The summed E-state index contributed by atoms with van der Waals surface area (Å²) >= 11 is 0. The average molecular weight is 271 g/mol. The average Bonchev–Trinajstić information content (AvgIpc) is 2.38. The number of nitrogens with two attached hydrogens (primary N) is 1. The van der Waals surface area contributed by atoms with Crippen LogP contribution in [0, 0.1) is 11.8 Å². The summed E-state index contributed by atoms with van der Waals surface area (Å²) in [5, 5.41) is 0. The van der Waals surface area contributed by atoms with E-state index in [1.165, 1.54) is 12.1 Å². The molecule has 0 spiro atoms. The van der Waals surface area contributed by atoms with Gasteiger partial charge in [0.2, 0.25) is 0 Å². The third-order valence-corrected chi connectivity index (χ3v) is 4.19. The van der Waals surface area contributed by atoms with Gasteiger partial charge in [-0.25, -0.2) is 0 Å². The molecule has 1 aliphatic carbocycles. The van der Waals surface area contributed by atoms with Crippen LogP contribution < -0.4 is 5.73 Å². The highest BCUT2D eigenvalue weighted by Crippen LogP contribution is 2.40. The van der Waals surface area contributed by atoms with Gasteiger partial charge in [-0.15, -0.1) is 0 Å². The molecule has 4 heteroatoms. The molecule has 1 fully saturated rings. The first-order valence-corrected chi connectivity index (χ1v) is 6.81. The Labute approximate surface area is 112 Å². The Kier molecular flexibility index (Phi) is 4.19. The van der Waals surface area contributed by atoms with E-state index in [-0.39, 0.29) is 11.5 Å². The molecule has 1 aromatic carbocycles. The Balaban J connectivity index is 2.22. The predicted molar refractivity (Wildman–Crippen MR) is 69.5 cm³/mol. The second kappa shape index (κ2) is 5.53. The van der Waals surface area contributed by atoms with Gasteiger partial charge in [0.15, 0.2) is 0 Å². The fourth-order valence-electron chi connectivity index (χ4n) is 2.94. The van der Waals surface area contributed by atoms with Crippen molar-refractivity contribution >= 4 is 0 Å². The maximum Gasteiger partial charge on any atom is 0.416 e. The molecule has 1 saturated carbocycles. The number of alkyl halides is 3. The number of hydrogen-bond acceptors (Lipinski definition) is 1. The number of rotatable bonds is 2. The van der Waals surface area contributed by atoms with Crippen LogP contribution in [-0.2, 0) is 6.18 Å². The molecule has 0 saturated heterocycles. The Morgan fingerprint density at radius 3 is 2.26 bits per heavy atom. The van der Waals surface area contributed by atoms with E-state index in [1.807, 2.05) is 0 Å². The smallest absolute Gasteiger partial charge is 0.324 e. The minimum absolute atomic E-state index is 0.166. The highest BCUT2D eigenvalue weighted by molar-refractivity contribution is 5.32. The second-order valence-corrected chi connectivity index (χ2v) is 5.63. The summed E-state index contributed by atoms with van der Waals surface area (Å²) in [5.41, 5.74) is 5.78. The molecule has 1 aromatic rings. The van der Waals surface area contributed by atoms with Crippen molar-refractivity contribution in [1.29, 1.82) is 0 Å². The van der Waals surface area contributed by atoms with Crippen LogP contribution in [0.4, 0.5) is 13.2 Å². The summed E-state index contributed by atoms with van der Waals surface area (Å²) in [6, 6.07) is 5.19. The molecule has 0 bridgehead atoms. The topological polar surface area (TPSA) is 26.0 Å². The van der Waals surface area contributed by atoms with Crippen LogP contribution in [0.3, 0.4) is 0 Å². The minimum Gasteiger partial charge on any atom is -0.324 e. The van der Waals surface area contributed by atoms with Gasteiger partial charge in [-0.3, -0.25) is 0 Å². The fraction of sp³-hybridized carbons (Fsp3) is 0.600. The molecule has 2 N–H and O–H groups in total. The molecule has 1 nitrogen and oxygen atoms in total. The van der Waals surface area contributed by atoms with Gasteiger partial charge < -0.3 is 5.73 Å². The van der Waals surface area contributed by atoms with Crippen molar-refractivity contribution in [1.82, 2.24) is 0 Å². The predicted octanol–water partition coefficient (Wildman–Crippen LogP) is 4.53. The van der Waals surface area contributed by atoms with Crippen molar-refractivity contribution in [2.24, 2.45) is 17.6 Å². The Morgan fingerprint density at radius 2 is 1.68 bits per heavy atom. The van der Waals surface area contributed by atoms with Crippen LogP contribution in [0.5, 0.6) is 0 Å². The summed E-state index contributed by atoms with van der Waals surface area (Å²) < 4.78 is 38.9. The lowest BCUT2D eigenvalue weighted by atomic mass is 9.77. The van der Waals surface area contributed by atoms with Crippen molar-refractivity contribution in [3.63, 3.8) is 0 Å². The molecule has 0 amide bonds. The number of benzene rings is 1. The summed E-state index contributed by atoms with van der Waals surface area (Å²) in [6.07, 6.45) is -0.349. The third-order valence-electron chi connectivity index (χ3n) is 4.19. The first-order valence-electron chi connectivity index (χ1n) is 6.81. The van der Waals surface area contributed by atoms with Crippen molar-refractivity contribution in [3.8, 4) is 0 Å². The molecule has 0 radical (unpaired) electrons. The monoisotopic (exact) mass is 271 g/mol. The molecule has 106 valence electrons. The summed E-state index contributed by atoms with van der Waals surface area (Å²) in [7, 11) is 0. The normalized spacial score (nSPS) is 26.2. The molecular formula is C15H20F3N. The molecule has 0 aromatic heterocycles. The molecule has 1 unspecified atom stereocenters. The van der Waals surface area contributed by atoms with Crippen LogP contribution in [0.2, 0.25) is 0 Å². The zero-order valence-corrected chi connectivity index (χ0v) is 11.1. The van der Waals surface area contributed by atoms with E-state index in [1.54, 1.807) is 6.07 Å². The number of hydrogen-bond donors (Lipinski definition) is 1. The maximum atomic E-state index is 13.0. The van der Waals surface area contributed by atoms with Crippen molar-refractivity contribution < 1.29 is 13.2 Å². The first-order chi connectivity index (χ1) is 8.89. The van der Waals surface area contributed by atoms with Gasteiger partial charge in [-0.05, 0) is 36.3 Å². The van der Waals surface area contributed by atoms with Crippen LogP contribution >= 0.6 is 0 Å². The standard InChI is InChI=1S/C15H20F3N/c1-10-6-8-11(9-7-10)14(19)12-4-2-3-5-13(12)15(16,17)18/h2-5,10-11,14H,6-9,19H2,1H3. The van der Waals surface area contributed by atoms with Gasteiger partial charge >= 0.3 is 6.18 Å². The quantitative estimate of drug-likeness (QED) is 0.840. The van der Waals surface area contributed by atoms with Gasteiger partial charge in [0, 0.05) is 6.04 Å². The molecule has 2 rings (SSSR count). The van der Waals surface area contributed by atoms with E-state index in [2.05, 4.69) is 6.92 Å². The lowest BCUT2D eigenvalue weighted by Crippen LogP contribution is -2.27. The largest absolute Gasteiger partial charge is 0.416 e. The number of halogens is 3. The zero-order chi connectivity index (χ0) is 14.0. The van der Waals surface area contributed by atoms with Crippen LogP contribution in [0.25, 0.3) is 0 Å². The van der Waals surface area contributed by atoms with E-state index >= 15 is 0 Å². The van der Waals surface area contributed by atoms with Crippen LogP contribution in [-0.4, -0.2) is 0 Å². The second-order valence-electron chi connectivity index (χ2n) is 5.63. The maximum absolute atomic E-state index is 13.0. The van der Waals surface area contributed by atoms with E-state index in [0.717, 1.165) is 31.7 Å². The lowest BCUT2D eigenvalue weighted by molar-refractivity contribution is -0.138. The van der Waals surface area contributed by atoms with Gasteiger partial charge in [0.25, 0.3) is 0 Å². The first kappa shape index (κ1) is 14.4. The van der Waals surface area contributed by atoms with Gasteiger partial charge in [-0.1, -0.05) is 38.0 Å². The highest BCUT2D eigenvalue weighted by Gasteiger charge is 2.36. The molecule has 19 heavy (non-hydrogen) atoms. The van der Waals surface area contributed by atoms with Crippen LogP contribution in [0.15, 0.2) is 24.3 Å². The fourth-order valence-corrected chi connectivity index (χ4v) is 2.94. The molecule has 0 aliphatic heterocycles.